The summed E-state index contributed by atoms with van der Waals surface area (Å²) < 4.78 is 0. The molecule has 0 radical (unpaired) electrons. The van der Waals surface area contributed by atoms with Crippen LogP contribution in [0.5, 0.6) is 0 Å². The van der Waals surface area contributed by atoms with Crippen LogP contribution in [-0.2, 0) is 0 Å². The van der Waals surface area contributed by atoms with Crippen molar-refractivity contribution in [2.45, 2.75) is 0 Å². The fraction of sp³-hybridized carbons (Fsp3) is 0. The van der Waals surface area contributed by atoms with Crippen LogP contribution in [0.15, 0.2) is 61.1 Å². The molecule has 4 rings (SSSR count). The Hall–Kier alpha value is -3.54. The van der Waals surface area contributed by atoms with Crippen molar-refractivity contribution in [2.24, 2.45) is 0 Å². The first kappa shape index (κ1) is 14.1. The molecule has 0 aliphatic carbocycles. The Kier molecular flexibility index (Phi) is 3.28. The van der Waals surface area contributed by atoms with E-state index in [1.54, 1.807) is 18.6 Å². The summed E-state index contributed by atoms with van der Waals surface area (Å²) in [5, 5.41) is 1.02. The molecule has 1 aromatic carbocycles. The average Bonchev–Trinajstić information content (AvgIpc) is 2.61. The SMILES string of the molecule is Nc1nc(N)c(-c2cccnc2)c(-c2cnc3ccccc3c2)n1. The van der Waals surface area contributed by atoms with Gasteiger partial charge in [-0.25, -0.2) is 4.98 Å². The fourth-order valence-electron chi connectivity index (χ4n) is 2.70. The smallest absolute Gasteiger partial charge is 0.222 e. The van der Waals surface area contributed by atoms with Crippen molar-refractivity contribution in [1.82, 2.24) is 19.9 Å². The third-order valence-corrected chi connectivity index (χ3v) is 3.77. The van der Waals surface area contributed by atoms with Crippen LogP contribution in [0.2, 0.25) is 0 Å². The van der Waals surface area contributed by atoms with Gasteiger partial charge in [-0.3, -0.25) is 9.97 Å². The van der Waals surface area contributed by atoms with Crippen LogP contribution in [0, 0.1) is 0 Å². The molecule has 4 N–H and O–H groups in total. The summed E-state index contributed by atoms with van der Waals surface area (Å²) in [5.41, 5.74) is 15.9. The Morgan fingerprint density at radius 2 is 1.71 bits per heavy atom. The minimum Gasteiger partial charge on any atom is -0.383 e. The highest BCUT2D eigenvalue weighted by molar-refractivity contribution is 5.91. The lowest BCUT2D eigenvalue weighted by atomic mass is 10.0. The lowest BCUT2D eigenvalue weighted by Crippen LogP contribution is -2.04. The maximum Gasteiger partial charge on any atom is 0.222 e. The van der Waals surface area contributed by atoms with Crippen LogP contribution >= 0.6 is 0 Å². The lowest BCUT2D eigenvalue weighted by molar-refractivity contribution is 1.19. The highest BCUT2D eigenvalue weighted by Gasteiger charge is 2.16. The maximum atomic E-state index is 6.12. The molecule has 0 amide bonds. The van der Waals surface area contributed by atoms with Crippen molar-refractivity contribution in [2.75, 3.05) is 11.5 Å². The van der Waals surface area contributed by atoms with Gasteiger partial charge in [-0.1, -0.05) is 24.3 Å². The lowest BCUT2D eigenvalue weighted by Gasteiger charge is -2.12. The van der Waals surface area contributed by atoms with Gasteiger partial charge >= 0.3 is 0 Å². The molecule has 6 nitrogen and oxygen atoms in total. The van der Waals surface area contributed by atoms with Gasteiger partial charge in [-0.05, 0) is 18.2 Å². The number of para-hydroxylation sites is 1. The molecule has 24 heavy (non-hydrogen) atoms. The number of hydrogen-bond acceptors (Lipinski definition) is 6. The van der Waals surface area contributed by atoms with Crippen molar-refractivity contribution in [3.05, 3.63) is 61.1 Å². The molecule has 0 fully saturated rings. The number of hydrogen-bond donors (Lipinski definition) is 2. The van der Waals surface area contributed by atoms with Gasteiger partial charge in [0.15, 0.2) is 0 Å². The molecule has 0 bridgehead atoms. The van der Waals surface area contributed by atoms with E-state index in [-0.39, 0.29) is 5.95 Å². The van der Waals surface area contributed by atoms with Gasteiger partial charge in [0.05, 0.1) is 16.8 Å². The van der Waals surface area contributed by atoms with Crippen LogP contribution in [0.4, 0.5) is 11.8 Å². The minimum atomic E-state index is 0.128. The number of nitrogen functional groups attached to an aromatic ring is 2. The van der Waals surface area contributed by atoms with E-state index >= 15 is 0 Å². The molecule has 4 aromatic rings. The zero-order chi connectivity index (χ0) is 16.5. The highest BCUT2D eigenvalue weighted by atomic mass is 15.0. The zero-order valence-corrected chi connectivity index (χ0v) is 12.7. The molecular weight excluding hydrogens is 300 g/mol. The van der Waals surface area contributed by atoms with E-state index in [1.165, 1.54) is 0 Å². The predicted octanol–water partition coefficient (Wildman–Crippen LogP) is 2.92. The second kappa shape index (κ2) is 5.58. The van der Waals surface area contributed by atoms with Crippen LogP contribution in [0.3, 0.4) is 0 Å². The quantitative estimate of drug-likeness (QED) is 0.589. The van der Waals surface area contributed by atoms with Gasteiger partial charge in [0.2, 0.25) is 5.95 Å². The molecule has 116 valence electrons. The summed E-state index contributed by atoms with van der Waals surface area (Å²) in [5.74, 6) is 0.446. The Bertz CT molecular complexity index is 1030. The fourth-order valence-corrected chi connectivity index (χ4v) is 2.70. The summed E-state index contributed by atoms with van der Waals surface area (Å²) in [7, 11) is 0. The number of benzene rings is 1. The van der Waals surface area contributed by atoms with Crippen LogP contribution in [-0.4, -0.2) is 19.9 Å². The summed E-state index contributed by atoms with van der Waals surface area (Å²) in [6.07, 6.45) is 5.20. The molecular formula is C18H14N6. The van der Waals surface area contributed by atoms with E-state index in [0.29, 0.717) is 17.1 Å². The molecule has 0 aliphatic rings. The number of pyridine rings is 2. The van der Waals surface area contributed by atoms with Crippen molar-refractivity contribution >= 4 is 22.7 Å². The number of aromatic nitrogens is 4. The van der Waals surface area contributed by atoms with E-state index in [2.05, 4.69) is 19.9 Å². The van der Waals surface area contributed by atoms with Crippen LogP contribution in [0.1, 0.15) is 0 Å². The second-order valence-electron chi connectivity index (χ2n) is 5.35. The molecule has 0 spiro atoms. The Balaban J connectivity index is 1.99. The average molecular weight is 314 g/mol. The summed E-state index contributed by atoms with van der Waals surface area (Å²) in [6.45, 7) is 0. The highest BCUT2D eigenvalue weighted by Crippen LogP contribution is 2.35. The summed E-state index contributed by atoms with van der Waals surface area (Å²) >= 11 is 0. The Labute approximate surface area is 138 Å². The van der Waals surface area contributed by atoms with Crippen LogP contribution < -0.4 is 11.5 Å². The van der Waals surface area contributed by atoms with Gasteiger partial charge < -0.3 is 11.5 Å². The van der Waals surface area contributed by atoms with Gasteiger partial charge in [0.1, 0.15) is 5.82 Å². The van der Waals surface area contributed by atoms with E-state index in [9.17, 15) is 0 Å². The third-order valence-electron chi connectivity index (χ3n) is 3.77. The molecule has 0 unspecified atom stereocenters. The number of nitrogens with two attached hydrogens (primary N) is 2. The molecule has 0 saturated heterocycles. The Morgan fingerprint density at radius 1 is 0.833 bits per heavy atom. The van der Waals surface area contributed by atoms with Crippen molar-refractivity contribution in [3.63, 3.8) is 0 Å². The molecule has 6 heteroatoms. The van der Waals surface area contributed by atoms with E-state index in [0.717, 1.165) is 22.0 Å². The van der Waals surface area contributed by atoms with Gasteiger partial charge in [-0.15, -0.1) is 0 Å². The second-order valence-corrected chi connectivity index (χ2v) is 5.35. The predicted molar refractivity (Wildman–Crippen MR) is 94.8 cm³/mol. The van der Waals surface area contributed by atoms with E-state index in [1.807, 2.05) is 42.5 Å². The largest absolute Gasteiger partial charge is 0.383 e. The monoisotopic (exact) mass is 314 g/mol. The van der Waals surface area contributed by atoms with Crippen molar-refractivity contribution in [3.8, 4) is 22.4 Å². The standard InChI is InChI=1S/C18H14N6/c19-17-15(12-5-3-7-21-9-12)16(23-18(20)24-17)13-8-11-4-1-2-6-14(11)22-10-13/h1-10H,(H4,19,20,23,24). The van der Waals surface area contributed by atoms with E-state index in [4.69, 9.17) is 11.5 Å². The first-order chi connectivity index (χ1) is 11.7. The summed E-state index contributed by atoms with van der Waals surface area (Å²) in [4.78, 5) is 17.1. The van der Waals surface area contributed by atoms with Crippen LogP contribution in [0.25, 0.3) is 33.3 Å². The molecule has 3 aromatic heterocycles. The van der Waals surface area contributed by atoms with Gasteiger partial charge in [0, 0.05) is 35.1 Å². The number of fused-ring (bicyclic) bond motifs is 1. The molecule has 0 aliphatic heterocycles. The number of anilines is 2. The first-order valence-corrected chi connectivity index (χ1v) is 7.41. The molecule has 0 saturated carbocycles. The zero-order valence-electron chi connectivity index (χ0n) is 12.7. The number of nitrogens with zero attached hydrogens (tertiary/aromatic N) is 4. The van der Waals surface area contributed by atoms with Gasteiger partial charge in [-0.2, -0.15) is 4.98 Å². The maximum absolute atomic E-state index is 6.12. The molecule has 3 heterocycles. The number of rotatable bonds is 2. The molecule has 0 atom stereocenters. The van der Waals surface area contributed by atoms with Crippen molar-refractivity contribution in [1.29, 1.82) is 0 Å². The normalized spacial score (nSPS) is 10.8. The van der Waals surface area contributed by atoms with Crippen molar-refractivity contribution < 1.29 is 0 Å². The topological polar surface area (TPSA) is 104 Å². The third kappa shape index (κ3) is 2.40. The Morgan fingerprint density at radius 3 is 2.54 bits per heavy atom. The van der Waals surface area contributed by atoms with Gasteiger partial charge in [0.25, 0.3) is 0 Å². The van der Waals surface area contributed by atoms with E-state index < -0.39 is 0 Å². The first-order valence-electron chi connectivity index (χ1n) is 7.41. The minimum absolute atomic E-state index is 0.128. The summed E-state index contributed by atoms with van der Waals surface area (Å²) in [6, 6.07) is 13.7.